The molecule has 0 aromatic rings. The SMILES string of the molecule is CN1C(=O)N(C)[C@H]2[C@H]1N(CN1CCCCC1)C(=O)N2CN1CCCCC1. The van der Waals surface area contributed by atoms with Crippen LogP contribution in [-0.2, 0) is 0 Å². The van der Waals surface area contributed by atoms with E-state index in [-0.39, 0.29) is 24.4 Å². The van der Waals surface area contributed by atoms with Gasteiger partial charge in [-0.05, 0) is 51.9 Å². The molecule has 0 aromatic heterocycles. The van der Waals surface area contributed by atoms with Gasteiger partial charge in [-0.25, -0.2) is 9.59 Å². The van der Waals surface area contributed by atoms with Crippen LogP contribution >= 0.6 is 0 Å². The minimum atomic E-state index is -0.188. The molecule has 146 valence electrons. The van der Waals surface area contributed by atoms with Crippen molar-refractivity contribution in [3.63, 3.8) is 0 Å². The zero-order valence-corrected chi connectivity index (χ0v) is 16.1. The van der Waals surface area contributed by atoms with E-state index in [9.17, 15) is 9.59 Å². The van der Waals surface area contributed by atoms with E-state index in [1.54, 1.807) is 9.80 Å². The third-order valence-corrected chi connectivity index (χ3v) is 6.40. The smallest absolute Gasteiger partial charge is 0.303 e. The molecule has 26 heavy (non-hydrogen) atoms. The third-order valence-electron chi connectivity index (χ3n) is 6.40. The van der Waals surface area contributed by atoms with E-state index in [4.69, 9.17) is 0 Å². The van der Waals surface area contributed by atoms with Crippen molar-refractivity contribution in [1.82, 2.24) is 29.4 Å². The van der Waals surface area contributed by atoms with Gasteiger partial charge in [0.15, 0.2) is 12.3 Å². The van der Waals surface area contributed by atoms with Gasteiger partial charge in [-0.3, -0.25) is 19.6 Å². The van der Waals surface area contributed by atoms with Crippen LogP contribution in [0.4, 0.5) is 9.59 Å². The second-order valence-corrected chi connectivity index (χ2v) is 8.19. The van der Waals surface area contributed by atoms with E-state index < -0.39 is 0 Å². The first-order valence-electron chi connectivity index (χ1n) is 10.1. The number of fused-ring (bicyclic) bond motifs is 1. The molecule has 4 fully saturated rings. The van der Waals surface area contributed by atoms with Gasteiger partial charge in [0.25, 0.3) is 0 Å². The van der Waals surface area contributed by atoms with Crippen LogP contribution in [0.1, 0.15) is 38.5 Å². The van der Waals surface area contributed by atoms with Crippen molar-refractivity contribution in [3.8, 4) is 0 Å². The lowest BCUT2D eigenvalue weighted by Gasteiger charge is -2.35. The fourth-order valence-corrected chi connectivity index (χ4v) is 4.93. The molecule has 0 saturated carbocycles. The Bertz CT molecular complexity index is 502. The number of rotatable bonds is 4. The molecule has 4 aliphatic heterocycles. The van der Waals surface area contributed by atoms with Crippen molar-refractivity contribution < 1.29 is 9.59 Å². The Morgan fingerprint density at radius 1 is 0.654 bits per heavy atom. The molecule has 0 N–H and O–H groups in total. The van der Waals surface area contributed by atoms with Crippen LogP contribution < -0.4 is 0 Å². The van der Waals surface area contributed by atoms with Crippen LogP contribution in [0.2, 0.25) is 0 Å². The van der Waals surface area contributed by atoms with Gasteiger partial charge in [0.05, 0.1) is 13.3 Å². The van der Waals surface area contributed by atoms with E-state index in [0.29, 0.717) is 13.3 Å². The van der Waals surface area contributed by atoms with E-state index in [1.807, 2.05) is 23.9 Å². The van der Waals surface area contributed by atoms with Gasteiger partial charge in [0.2, 0.25) is 0 Å². The molecule has 4 rings (SSSR count). The van der Waals surface area contributed by atoms with Gasteiger partial charge in [-0.2, -0.15) is 0 Å². The second kappa shape index (κ2) is 7.23. The number of likely N-dealkylation sites (N-methyl/N-ethyl adjacent to an activating group) is 2. The van der Waals surface area contributed by atoms with Crippen molar-refractivity contribution in [2.24, 2.45) is 0 Å². The minimum absolute atomic E-state index is 0.000196. The predicted molar refractivity (Wildman–Crippen MR) is 98.2 cm³/mol. The molecule has 8 nitrogen and oxygen atoms in total. The zero-order chi connectivity index (χ0) is 18.3. The lowest BCUT2D eigenvalue weighted by molar-refractivity contribution is 0.0738. The van der Waals surface area contributed by atoms with Crippen molar-refractivity contribution in [1.29, 1.82) is 0 Å². The summed E-state index contributed by atoms with van der Waals surface area (Å²) < 4.78 is 0. The largest absolute Gasteiger partial charge is 0.325 e. The highest BCUT2D eigenvalue weighted by atomic mass is 16.2. The summed E-state index contributed by atoms with van der Waals surface area (Å²) in [5.74, 6) is 0. The van der Waals surface area contributed by atoms with E-state index in [0.717, 1.165) is 26.2 Å². The number of likely N-dealkylation sites (tertiary alicyclic amines) is 2. The minimum Gasteiger partial charge on any atom is -0.303 e. The first-order chi connectivity index (χ1) is 12.6. The summed E-state index contributed by atoms with van der Waals surface area (Å²) in [5, 5.41) is 0. The summed E-state index contributed by atoms with van der Waals surface area (Å²) in [6.07, 6.45) is 6.96. The van der Waals surface area contributed by atoms with E-state index in [1.165, 1.54) is 38.5 Å². The average Bonchev–Trinajstić information content (AvgIpc) is 3.05. The molecule has 0 bridgehead atoms. The summed E-state index contributed by atoms with van der Waals surface area (Å²) in [4.78, 5) is 37.9. The predicted octanol–water partition coefficient (Wildman–Crippen LogP) is 1.26. The molecule has 0 radical (unpaired) electrons. The molecule has 4 amide bonds. The normalized spacial score (nSPS) is 31.3. The Morgan fingerprint density at radius 2 is 1.04 bits per heavy atom. The Balaban J connectivity index is 1.53. The maximum absolute atomic E-state index is 13.3. The maximum Gasteiger partial charge on any atom is 0.325 e. The number of amides is 4. The third kappa shape index (κ3) is 3.03. The first-order valence-corrected chi connectivity index (χ1v) is 10.1. The molecule has 2 atom stereocenters. The van der Waals surface area contributed by atoms with Gasteiger partial charge in [0.1, 0.15) is 0 Å². The quantitative estimate of drug-likeness (QED) is 0.754. The van der Waals surface area contributed by atoms with Crippen molar-refractivity contribution >= 4 is 12.1 Å². The number of carbonyl (C=O) groups excluding carboxylic acids is 2. The molecule has 8 heteroatoms. The highest BCUT2D eigenvalue weighted by Crippen LogP contribution is 2.34. The molecule has 0 unspecified atom stereocenters. The van der Waals surface area contributed by atoms with Gasteiger partial charge in [-0.1, -0.05) is 12.8 Å². The molecular formula is C18H32N6O2. The molecule has 4 aliphatic rings. The van der Waals surface area contributed by atoms with Crippen LogP contribution in [-0.4, -0.2) is 107 Å². The molecule has 0 aromatic carbocycles. The summed E-state index contributed by atoms with van der Waals surface area (Å²) in [7, 11) is 3.65. The summed E-state index contributed by atoms with van der Waals surface area (Å²) in [5.41, 5.74) is 0. The molecule has 4 saturated heterocycles. The fourth-order valence-electron chi connectivity index (χ4n) is 4.93. The monoisotopic (exact) mass is 364 g/mol. The Morgan fingerprint density at radius 3 is 1.42 bits per heavy atom. The highest BCUT2D eigenvalue weighted by Gasteiger charge is 2.57. The van der Waals surface area contributed by atoms with E-state index >= 15 is 0 Å². The van der Waals surface area contributed by atoms with Gasteiger partial charge in [0, 0.05) is 14.1 Å². The zero-order valence-electron chi connectivity index (χ0n) is 16.1. The number of hydrogen-bond acceptors (Lipinski definition) is 4. The Hall–Kier alpha value is -1.54. The summed E-state index contributed by atoms with van der Waals surface area (Å²) >= 11 is 0. The van der Waals surface area contributed by atoms with Crippen LogP contribution in [0.15, 0.2) is 0 Å². The van der Waals surface area contributed by atoms with Gasteiger partial charge < -0.3 is 9.80 Å². The lowest BCUT2D eigenvalue weighted by Crippen LogP contribution is -2.51. The van der Waals surface area contributed by atoms with Crippen molar-refractivity contribution in [3.05, 3.63) is 0 Å². The van der Waals surface area contributed by atoms with E-state index in [2.05, 4.69) is 9.80 Å². The standard InChI is InChI=1S/C18H32N6O2/c1-19-15-16(20(2)17(19)25)24(14-22-11-7-4-8-12-22)18(26)23(15)13-21-9-5-3-6-10-21/h15-16H,3-14H2,1-2H3/t15-,16-/m1/s1. The summed E-state index contributed by atoms with van der Waals surface area (Å²) in [6, 6.07) is 0.0714. The Labute approximate surface area is 156 Å². The van der Waals surface area contributed by atoms with Gasteiger partial charge in [-0.15, -0.1) is 0 Å². The topological polar surface area (TPSA) is 53.6 Å². The van der Waals surface area contributed by atoms with Crippen LogP contribution in [0.3, 0.4) is 0 Å². The van der Waals surface area contributed by atoms with Crippen molar-refractivity contribution in [2.75, 3.05) is 53.6 Å². The second-order valence-electron chi connectivity index (χ2n) is 8.19. The fraction of sp³-hybridized carbons (Fsp3) is 0.889. The molecule has 0 aliphatic carbocycles. The molecular weight excluding hydrogens is 332 g/mol. The van der Waals surface area contributed by atoms with Crippen LogP contribution in [0, 0.1) is 0 Å². The van der Waals surface area contributed by atoms with Crippen molar-refractivity contribution in [2.45, 2.75) is 50.9 Å². The molecule has 0 spiro atoms. The number of hydrogen-bond donors (Lipinski definition) is 0. The summed E-state index contributed by atoms with van der Waals surface area (Å²) in [6.45, 7) is 5.42. The number of carbonyl (C=O) groups is 2. The van der Waals surface area contributed by atoms with Gasteiger partial charge >= 0.3 is 12.1 Å². The lowest BCUT2D eigenvalue weighted by atomic mass is 10.1. The maximum atomic E-state index is 13.3. The molecule has 4 heterocycles. The van der Waals surface area contributed by atoms with Crippen LogP contribution in [0.5, 0.6) is 0 Å². The average molecular weight is 364 g/mol. The highest BCUT2D eigenvalue weighted by molar-refractivity contribution is 5.84. The first kappa shape index (κ1) is 17.9. The number of urea groups is 2. The number of piperidine rings is 2. The Kier molecular flexibility index (Phi) is 4.96. The van der Waals surface area contributed by atoms with Crippen LogP contribution in [0.25, 0.3) is 0 Å². The number of nitrogens with zero attached hydrogens (tertiary/aromatic N) is 6.